The van der Waals surface area contributed by atoms with Gasteiger partial charge in [-0.2, -0.15) is 0 Å². The molecule has 2 N–H and O–H groups in total. The Labute approximate surface area is 102 Å². The molecular formula is C12H10N2O4. The number of aliphatic carboxylic acids is 1. The third-order valence-corrected chi connectivity index (χ3v) is 2.52. The van der Waals surface area contributed by atoms with Crippen LogP contribution in [0.25, 0.3) is 0 Å². The molecule has 18 heavy (non-hydrogen) atoms. The summed E-state index contributed by atoms with van der Waals surface area (Å²) in [6.07, 6.45) is 3.17. The Balaban J connectivity index is 2.37. The highest BCUT2D eigenvalue weighted by atomic mass is 16.4. The Bertz CT molecular complexity index is 575. The fourth-order valence-corrected chi connectivity index (χ4v) is 1.61. The van der Waals surface area contributed by atoms with Gasteiger partial charge in [-0.1, -0.05) is 0 Å². The number of aromatic carboxylic acids is 1. The third kappa shape index (κ3) is 2.42. The molecule has 6 nitrogen and oxygen atoms in total. The number of carboxylic acids is 2. The average Bonchev–Trinajstić information content (AvgIpc) is 2.39. The summed E-state index contributed by atoms with van der Waals surface area (Å²) in [6.45, 7) is 0.368. The maximum atomic E-state index is 10.9. The summed E-state index contributed by atoms with van der Waals surface area (Å²) < 4.78 is 0. The summed E-state index contributed by atoms with van der Waals surface area (Å²) in [5.41, 5.74) is 1.12. The molecule has 1 aliphatic rings. The molecule has 6 heteroatoms. The molecule has 0 aliphatic carbocycles. The summed E-state index contributed by atoms with van der Waals surface area (Å²) in [4.78, 5) is 29.9. The van der Waals surface area contributed by atoms with Gasteiger partial charge in [-0.15, -0.1) is 0 Å². The molecule has 0 bridgehead atoms. The Morgan fingerprint density at radius 1 is 1.22 bits per heavy atom. The lowest BCUT2D eigenvalue weighted by Crippen LogP contribution is -2.13. The lowest BCUT2D eigenvalue weighted by Gasteiger charge is -2.10. The summed E-state index contributed by atoms with van der Waals surface area (Å²) in [5, 5.41) is 17.8. The standard InChI is InChI=1S/C12H10N2O4/c15-11(16)7-1-3-13-9(5-7)10-6-8(12(17)18)2-4-14-10/h1,3,5-6H,2,4H2,(H,15,16)(H,17,18). The van der Waals surface area contributed by atoms with Gasteiger partial charge in [-0.3, -0.25) is 9.98 Å². The molecule has 0 fully saturated rings. The zero-order valence-corrected chi connectivity index (χ0v) is 9.33. The van der Waals surface area contributed by atoms with Crippen molar-refractivity contribution in [2.75, 3.05) is 6.54 Å². The van der Waals surface area contributed by atoms with Gasteiger partial charge in [0.25, 0.3) is 0 Å². The molecule has 0 atom stereocenters. The van der Waals surface area contributed by atoms with E-state index in [1.807, 2.05) is 0 Å². The molecule has 92 valence electrons. The molecule has 1 aromatic heterocycles. The minimum atomic E-state index is -1.06. The highest BCUT2D eigenvalue weighted by Crippen LogP contribution is 2.13. The van der Waals surface area contributed by atoms with Crippen LogP contribution in [0, 0.1) is 0 Å². The number of carboxylic acid groups (broad SMARTS) is 2. The van der Waals surface area contributed by atoms with Gasteiger partial charge in [-0.05, 0) is 24.6 Å². The van der Waals surface area contributed by atoms with Crippen LogP contribution in [-0.4, -0.2) is 39.4 Å². The lowest BCUT2D eigenvalue weighted by molar-refractivity contribution is -0.132. The van der Waals surface area contributed by atoms with Crippen LogP contribution in [0.5, 0.6) is 0 Å². The highest BCUT2D eigenvalue weighted by Gasteiger charge is 2.15. The van der Waals surface area contributed by atoms with Gasteiger partial charge in [0.1, 0.15) is 0 Å². The second-order valence-electron chi connectivity index (χ2n) is 3.73. The van der Waals surface area contributed by atoms with E-state index >= 15 is 0 Å². The van der Waals surface area contributed by atoms with Crippen LogP contribution in [0.3, 0.4) is 0 Å². The van der Waals surface area contributed by atoms with Gasteiger partial charge in [0.15, 0.2) is 0 Å². The molecule has 0 spiro atoms. The largest absolute Gasteiger partial charge is 0.478 e. The molecular weight excluding hydrogens is 236 g/mol. The smallest absolute Gasteiger partial charge is 0.335 e. The van der Waals surface area contributed by atoms with Crippen molar-refractivity contribution in [2.45, 2.75) is 6.42 Å². The van der Waals surface area contributed by atoms with Crippen LogP contribution >= 0.6 is 0 Å². The monoisotopic (exact) mass is 246 g/mol. The molecule has 0 unspecified atom stereocenters. The number of carbonyl (C=O) groups is 2. The molecule has 2 rings (SSSR count). The van der Waals surface area contributed by atoms with Crippen molar-refractivity contribution >= 4 is 17.7 Å². The van der Waals surface area contributed by atoms with Gasteiger partial charge < -0.3 is 10.2 Å². The molecule has 0 saturated carbocycles. The molecule has 1 aromatic rings. The Hall–Kier alpha value is -2.50. The van der Waals surface area contributed by atoms with Crippen LogP contribution < -0.4 is 0 Å². The van der Waals surface area contributed by atoms with E-state index in [0.717, 1.165) is 0 Å². The average molecular weight is 246 g/mol. The van der Waals surface area contributed by atoms with Crippen LogP contribution in [0.4, 0.5) is 0 Å². The van der Waals surface area contributed by atoms with E-state index < -0.39 is 11.9 Å². The van der Waals surface area contributed by atoms with Crippen LogP contribution in [0.15, 0.2) is 35.0 Å². The number of dihydropyridines is 1. The third-order valence-electron chi connectivity index (χ3n) is 2.52. The molecule has 2 heterocycles. The molecule has 0 amide bonds. The molecule has 0 aromatic carbocycles. The van der Waals surface area contributed by atoms with Crippen LogP contribution in [0.1, 0.15) is 22.5 Å². The van der Waals surface area contributed by atoms with Gasteiger partial charge in [0, 0.05) is 18.3 Å². The maximum absolute atomic E-state index is 10.9. The number of pyridine rings is 1. The molecule has 0 radical (unpaired) electrons. The first-order chi connectivity index (χ1) is 8.58. The predicted octanol–water partition coefficient (Wildman–Crippen LogP) is 0.984. The zero-order chi connectivity index (χ0) is 13.1. The van der Waals surface area contributed by atoms with Gasteiger partial charge in [0.05, 0.1) is 17.0 Å². The van der Waals surface area contributed by atoms with E-state index in [1.54, 1.807) is 0 Å². The van der Waals surface area contributed by atoms with Crippen molar-refractivity contribution in [1.29, 1.82) is 0 Å². The van der Waals surface area contributed by atoms with Crippen molar-refractivity contribution in [3.8, 4) is 0 Å². The number of hydrogen-bond acceptors (Lipinski definition) is 4. The fourth-order valence-electron chi connectivity index (χ4n) is 1.61. The highest BCUT2D eigenvalue weighted by molar-refractivity contribution is 6.12. The first-order valence-corrected chi connectivity index (χ1v) is 5.26. The van der Waals surface area contributed by atoms with E-state index in [-0.39, 0.29) is 11.1 Å². The number of hydrogen-bond donors (Lipinski definition) is 2. The van der Waals surface area contributed by atoms with Crippen molar-refractivity contribution in [3.05, 3.63) is 41.2 Å². The van der Waals surface area contributed by atoms with E-state index in [4.69, 9.17) is 10.2 Å². The summed E-state index contributed by atoms with van der Waals surface area (Å²) >= 11 is 0. The van der Waals surface area contributed by atoms with E-state index in [0.29, 0.717) is 24.4 Å². The number of allylic oxidation sites excluding steroid dienone is 1. The van der Waals surface area contributed by atoms with Gasteiger partial charge in [-0.25, -0.2) is 9.59 Å². The minimum absolute atomic E-state index is 0.0959. The van der Waals surface area contributed by atoms with Gasteiger partial charge >= 0.3 is 11.9 Å². The Morgan fingerprint density at radius 3 is 2.67 bits per heavy atom. The van der Waals surface area contributed by atoms with Crippen molar-refractivity contribution in [1.82, 2.24) is 4.98 Å². The summed E-state index contributed by atoms with van der Waals surface area (Å²) in [7, 11) is 0. The maximum Gasteiger partial charge on any atom is 0.335 e. The first-order valence-electron chi connectivity index (χ1n) is 5.26. The number of rotatable bonds is 3. The fraction of sp³-hybridized carbons (Fsp3) is 0.167. The number of nitrogens with zero attached hydrogens (tertiary/aromatic N) is 2. The van der Waals surface area contributed by atoms with Crippen LogP contribution in [0.2, 0.25) is 0 Å². The second-order valence-corrected chi connectivity index (χ2v) is 3.73. The SMILES string of the molecule is O=C(O)C1=CC(c2cc(C(=O)O)ccn2)=NCC1. The number of aliphatic imine (C=N–C) groups is 1. The summed E-state index contributed by atoms with van der Waals surface area (Å²) in [5.74, 6) is -2.05. The van der Waals surface area contributed by atoms with Gasteiger partial charge in [0.2, 0.25) is 0 Å². The second kappa shape index (κ2) is 4.79. The summed E-state index contributed by atoms with van der Waals surface area (Å²) in [6, 6.07) is 2.75. The Kier molecular flexibility index (Phi) is 3.18. The Morgan fingerprint density at radius 2 is 2.00 bits per heavy atom. The normalized spacial score (nSPS) is 14.7. The van der Waals surface area contributed by atoms with Crippen molar-refractivity contribution in [2.24, 2.45) is 4.99 Å². The first kappa shape index (κ1) is 12.0. The number of aromatic nitrogens is 1. The van der Waals surface area contributed by atoms with E-state index in [2.05, 4.69) is 9.98 Å². The predicted molar refractivity (Wildman–Crippen MR) is 62.9 cm³/mol. The van der Waals surface area contributed by atoms with Crippen molar-refractivity contribution in [3.63, 3.8) is 0 Å². The van der Waals surface area contributed by atoms with E-state index in [9.17, 15) is 9.59 Å². The zero-order valence-electron chi connectivity index (χ0n) is 9.33. The van der Waals surface area contributed by atoms with Crippen LogP contribution in [-0.2, 0) is 4.79 Å². The quantitative estimate of drug-likeness (QED) is 0.828. The van der Waals surface area contributed by atoms with E-state index in [1.165, 1.54) is 24.4 Å². The lowest BCUT2D eigenvalue weighted by atomic mass is 10.0. The molecule has 1 aliphatic heterocycles. The minimum Gasteiger partial charge on any atom is -0.478 e. The van der Waals surface area contributed by atoms with Crippen molar-refractivity contribution < 1.29 is 19.8 Å². The molecule has 0 saturated heterocycles. The topological polar surface area (TPSA) is 99.8 Å².